The van der Waals surface area contributed by atoms with Crippen LogP contribution in [0.3, 0.4) is 0 Å². The SMILES string of the molecule is C1CCNC1.CSc1cccc(F)c1. The fraction of sp³-hybridized carbons (Fsp3) is 0.455. The number of hydrogen-bond donors (Lipinski definition) is 1. The minimum absolute atomic E-state index is 0.165. The largest absolute Gasteiger partial charge is 0.317 e. The molecule has 1 aromatic rings. The summed E-state index contributed by atoms with van der Waals surface area (Å²) in [5.41, 5.74) is 0. The molecule has 1 aliphatic rings. The van der Waals surface area contributed by atoms with Crippen molar-refractivity contribution in [1.29, 1.82) is 0 Å². The van der Waals surface area contributed by atoms with Crippen molar-refractivity contribution in [3.05, 3.63) is 30.1 Å². The normalized spacial score (nSPS) is 14.7. The Morgan fingerprint density at radius 2 is 2.00 bits per heavy atom. The highest BCUT2D eigenvalue weighted by atomic mass is 32.2. The van der Waals surface area contributed by atoms with E-state index >= 15 is 0 Å². The number of nitrogens with one attached hydrogen (secondary N) is 1. The average molecular weight is 213 g/mol. The molecule has 0 aromatic heterocycles. The highest BCUT2D eigenvalue weighted by Crippen LogP contribution is 2.14. The predicted octanol–water partition coefficient (Wildman–Crippen LogP) is 2.92. The Labute approximate surface area is 89.1 Å². The van der Waals surface area contributed by atoms with Gasteiger partial charge in [-0.2, -0.15) is 0 Å². The molecule has 0 aliphatic carbocycles. The summed E-state index contributed by atoms with van der Waals surface area (Å²) in [5, 5.41) is 3.22. The summed E-state index contributed by atoms with van der Waals surface area (Å²) in [5.74, 6) is -0.165. The van der Waals surface area contributed by atoms with E-state index in [0.29, 0.717) is 0 Å². The van der Waals surface area contributed by atoms with Crippen molar-refractivity contribution >= 4 is 11.8 Å². The van der Waals surface area contributed by atoms with E-state index in [1.165, 1.54) is 38.1 Å². The molecule has 14 heavy (non-hydrogen) atoms. The first-order chi connectivity index (χ1) is 6.83. The van der Waals surface area contributed by atoms with Crippen LogP contribution in [-0.2, 0) is 0 Å². The van der Waals surface area contributed by atoms with Gasteiger partial charge in [0.2, 0.25) is 0 Å². The van der Waals surface area contributed by atoms with Crippen LogP contribution in [0.15, 0.2) is 29.2 Å². The number of benzene rings is 1. The van der Waals surface area contributed by atoms with Crippen molar-refractivity contribution in [2.45, 2.75) is 17.7 Å². The Morgan fingerprint density at radius 1 is 1.29 bits per heavy atom. The lowest BCUT2D eigenvalue weighted by atomic mass is 10.4. The fourth-order valence-corrected chi connectivity index (χ4v) is 1.66. The van der Waals surface area contributed by atoms with Gasteiger partial charge in [-0.05, 0) is 50.4 Å². The molecule has 1 nitrogen and oxygen atoms in total. The minimum atomic E-state index is -0.165. The lowest BCUT2D eigenvalue weighted by Crippen LogP contribution is -2.03. The van der Waals surface area contributed by atoms with Crippen LogP contribution in [0.2, 0.25) is 0 Å². The van der Waals surface area contributed by atoms with E-state index in [1.54, 1.807) is 17.8 Å². The van der Waals surface area contributed by atoms with Crippen LogP contribution in [-0.4, -0.2) is 19.3 Å². The van der Waals surface area contributed by atoms with Crippen molar-refractivity contribution < 1.29 is 4.39 Å². The van der Waals surface area contributed by atoms with Gasteiger partial charge in [0.1, 0.15) is 5.82 Å². The van der Waals surface area contributed by atoms with Gasteiger partial charge in [0, 0.05) is 4.90 Å². The number of halogens is 1. The van der Waals surface area contributed by atoms with Crippen LogP contribution in [0, 0.1) is 5.82 Å². The Balaban J connectivity index is 0.000000165. The van der Waals surface area contributed by atoms with Gasteiger partial charge in [-0.1, -0.05) is 6.07 Å². The van der Waals surface area contributed by atoms with Crippen molar-refractivity contribution in [3.8, 4) is 0 Å². The molecule has 0 unspecified atom stereocenters. The molecule has 3 heteroatoms. The molecule has 1 aliphatic heterocycles. The summed E-state index contributed by atoms with van der Waals surface area (Å²) in [6.45, 7) is 2.50. The standard InChI is InChI=1S/C7H7FS.C4H9N/c1-9-7-4-2-3-6(8)5-7;1-2-4-5-3-1/h2-5H,1H3;5H,1-4H2. The molecule has 0 radical (unpaired) electrons. The highest BCUT2D eigenvalue weighted by molar-refractivity contribution is 7.98. The molecule has 0 spiro atoms. The van der Waals surface area contributed by atoms with E-state index in [4.69, 9.17) is 0 Å². The maximum absolute atomic E-state index is 12.3. The molecule has 0 bridgehead atoms. The second kappa shape index (κ2) is 6.85. The first kappa shape index (κ1) is 11.5. The highest BCUT2D eigenvalue weighted by Gasteiger charge is 1.93. The van der Waals surface area contributed by atoms with Gasteiger partial charge in [-0.3, -0.25) is 0 Å². The second-order valence-corrected chi connectivity index (χ2v) is 4.00. The van der Waals surface area contributed by atoms with E-state index in [-0.39, 0.29) is 5.82 Å². The first-order valence-corrected chi connectivity index (χ1v) is 6.05. The third-order valence-electron chi connectivity index (χ3n) is 1.99. The van der Waals surface area contributed by atoms with Gasteiger partial charge in [0.25, 0.3) is 0 Å². The molecule has 0 atom stereocenters. The lowest BCUT2D eigenvalue weighted by Gasteiger charge is -1.92. The van der Waals surface area contributed by atoms with Crippen LogP contribution in [0.25, 0.3) is 0 Å². The molecular weight excluding hydrogens is 197 g/mol. The third-order valence-corrected chi connectivity index (χ3v) is 2.71. The minimum Gasteiger partial charge on any atom is -0.317 e. The molecule has 1 aromatic carbocycles. The quantitative estimate of drug-likeness (QED) is 0.720. The van der Waals surface area contributed by atoms with Crippen molar-refractivity contribution in [1.82, 2.24) is 5.32 Å². The molecule has 1 saturated heterocycles. The van der Waals surface area contributed by atoms with E-state index in [1.807, 2.05) is 12.3 Å². The number of thioether (sulfide) groups is 1. The number of hydrogen-bond acceptors (Lipinski definition) is 2. The van der Waals surface area contributed by atoms with Crippen LogP contribution in [0.4, 0.5) is 4.39 Å². The summed E-state index contributed by atoms with van der Waals surface area (Å²) < 4.78 is 12.3. The summed E-state index contributed by atoms with van der Waals surface area (Å²) >= 11 is 1.54. The Kier molecular flexibility index (Phi) is 5.64. The summed E-state index contributed by atoms with van der Waals surface area (Å²) in [6.07, 6.45) is 4.70. The predicted molar refractivity (Wildman–Crippen MR) is 60.3 cm³/mol. The Bertz CT molecular complexity index is 254. The zero-order valence-electron chi connectivity index (χ0n) is 8.42. The van der Waals surface area contributed by atoms with E-state index in [9.17, 15) is 4.39 Å². The van der Waals surface area contributed by atoms with Gasteiger partial charge in [-0.15, -0.1) is 11.8 Å². The zero-order valence-corrected chi connectivity index (χ0v) is 9.24. The van der Waals surface area contributed by atoms with Crippen molar-refractivity contribution in [3.63, 3.8) is 0 Å². The Hall–Kier alpha value is -0.540. The van der Waals surface area contributed by atoms with Gasteiger partial charge in [0.05, 0.1) is 0 Å². The number of rotatable bonds is 1. The summed E-state index contributed by atoms with van der Waals surface area (Å²) in [6, 6.07) is 6.55. The Morgan fingerprint density at radius 3 is 2.36 bits per heavy atom. The van der Waals surface area contributed by atoms with Gasteiger partial charge in [0.15, 0.2) is 0 Å². The average Bonchev–Trinajstić information content (AvgIpc) is 2.75. The van der Waals surface area contributed by atoms with Crippen molar-refractivity contribution in [2.75, 3.05) is 19.3 Å². The van der Waals surface area contributed by atoms with Crippen LogP contribution >= 0.6 is 11.8 Å². The van der Waals surface area contributed by atoms with E-state index < -0.39 is 0 Å². The molecule has 1 N–H and O–H groups in total. The molecule has 78 valence electrons. The smallest absolute Gasteiger partial charge is 0.124 e. The molecule has 1 heterocycles. The van der Waals surface area contributed by atoms with Gasteiger partial charge >= 0.3 is 0 Å². The molecule has 0 saturated carbocycles. The van der Waals surface area contributed by atoms with Crippen LogP contribution < -0.4 is 5.32 Å². The topological polar surface area (TPSA) is 12.0 Å². The van der Waals surface area contributed by atoms with E-state index in [0.717, 1.165) is 4.90 Å². The molecule has 1 fully saturated rings. The molecular formula is C11H16FNS. The van der Waals surface area contributed by atoms with Gasteiger partial charge in [-0.25, -0.2) is 4.39 Å². The second-order valence-electron chi connectivity index (χ2n) is 3.12. The molecule has 2 rings (SSSR count). The van der Waals surface area contributed by atoms with Crippen LogP contribution in [0.5, 0.6) is 0 Å². The summed E-state index contributed by atoms with van der Waals surface area (Å²) in [7, 11) is 0. The van der Waals surface area contributed by atoms with Crippen LogP contribution in [0.1, 0.15) is 12.8 Å². The first-order valence-electron chi connectivity index (χ1n) is 4.83. The fourth-order valence-electron chi connectivity index (χ4n) is 1.22. The zero-order chi connectivity index (χ0) is 10.2. The van der Waals surface area contributed by atoms with Gasteiger partial charge < -0.3 is 5.32 Å². The maximum Gasteiger partial charge on any atom is 0.124 e. The van der Waals surface area contributed by atoms with Crippen molar-refractivity contribution in [2.24, 2.45) is 0 Å². The molecule has 0 amide bonds. The van der Waals surface area contributed by atoms with E-state index in [2.05, 4.69) is 5.32 Å². The third kappa shape index (κ3) is 4.63. The summed E-state index contributed by atoms with van der Waals surface area (Å²) in [4.78, 5) is 0.968. The lowest BCUT2D eigenvalue weighted by molar-refractivity contribution is 0.624. The monoisotopic (exact) mass is 213 g/mol. The maximum atomic E-state index is 12.3.